The van der Waals surface area contributed by atoms with E-state index in [-0.39, 0.29) is 18.0 Å². The Balaban J connectivity index is 1.85. The standard InChI is InChI=1S/C21H32F2N2O2/c1-4-5-9-27-19-8-6-7-18(11-19)21(22,23)15-24-12-20(26)25-13-16(2)10-17(3)14-25/h6-8,11,16-17,24H,4-5,9-10,12-15H2,1-3H3. The molecule has 2 atom stereocenters. The van der Waals surface area contributed by atoms with Crippen LogP contribution in [-0.2, 0) is 10.7 Å². The van der Waals surface area contributed by atoms with Crippen LogP contribution in [0.4, 0.5) is 8.78 Å². The largest absolute Gasteiger partial charge is 0.494 e. The highest BCUT2D eigenvalue weighted by Crippen LogP contribution is 2.29. The van der Waals surface area contributed by atoms with Crippen molar-refractivity contribution in [2.75, 3.05) is 32.8 Å². The van der Waals surface area contributed by atoms with E-state index in [0.29, 0.717) is 37.3 Å². The maximum Gasteiger partial charge on any atom is 0.285 e. The summed E-state index contributed by atoms with van der Waals surface area (Å²) in [4.78, 5) is 14.1. The molecule has 2 unspecified atom stereocenters. The molecule has 6 heteroatoms. The molecule has 1 fully saturated rings. The molecule has 1 N–H and O–H groups in total. The summed E-state index contributed by atoms with van der Waals surface area (Å²) < 4.78 is 34.5. The number of hydrogen-bond donors (Lipinski definition) is 1. The molecule has 1 heterocycles. The van der Waals surface area contributed by atoms with Crippen molar-refractivity contribution in [1.82, 2.24) is 10.2 Å². The molecule has 1 saturated heterocycles. The van der Waals surface area contributed by atoms with E-state index in [4.69, 9.17) is 4.74 Å². The molecule has 0 aliphatic carbocycles. The number of piperidine rings is 1. The van der Waals surface area contributed by atoms with Gasteiger partial charge in [-0.15, -0.1) is 0 Å². The van der Waals surface area contributed by atoms with Crippen molar-refractivity contribution in [2.45, 2.75) is 46.0 Å². The van der Waals surface area contributed by atoms with Gasteiger partial charge in [0.1, 0.15) is 5.75 Å². The van der Waals surface area contributed by atoms with Crippen LogP contribution in [0.15, 0.2) is 24.3 Å². The molecule has 1 aliphatic heterocycles. The molecule has 0 radical (unpaired) electrons. The minimum atomic E-state index is -3.06. The molecule has 152 valence electrons. The third kappa shape index (κ3) is 6.76. The number of carbonyl (C=O) groups is 1. The quantitative estimate of drug-likeness (QED) is 0.655. The molecule has 0 aromatic heterocycles. The summed E-state index contributed by atoms with van der Waals surface area (Å²) in [6.07, 6.45) is 2.98. The molecule has 1 aromatic carbocycles. The van der Waals surface area contributed by atoms with Crippen LogP contribution >= 0.6 is 0 Å². The fraction of sp³-hybridized carbons (Fsp3) is 0.667. The number of halogens is 2. The lowest BCUT2D eigenvalue weighted by Gasteiger charge is -2.35. The number of amides is 1. The lowest BCUT2D eigenvalue weighted by Crippen LogP contribution is -2.47. The molecular weight excluding hydrogens is 350 g/mol. The number of carbonyl (C=O) groups excluding carboxylic acids is 1. The van der Waals surface area contributed by atoms with Gasteiger partial charge in [-0.25, -0.2) is 0 Å². The molecule has 27 heavy (non-hydrogen) atoms. The molecule has 1 amide bonds. The Bertz CT molecular complexity index is 600. The average molecular weight is 382 g/mol. The summed E-state index contributed by atoms with van der Waals surface area (Å²) in [5, 5.41) is 2.64. The summed E-state index contributed by atoms with van der Waals surface area (Å²) >= 11 is 0. The summed E-state index contributed by atoms with van der Waals surface area (Å²) in [7, 11) is 0. The van der Waals surface area contributed by atoms with Crippen molar-refractivity contribution in [3.05, 3.63) is 29.8 Å². The molecule has 1 aliphatic rings. The molecule has 4 nitrogen and oxygen atoms in total. The smallest absolute Gasteiger partial charge is 0.285 e. The monoisotopic (exact) mass is 382 g/mol. The SMILES string of the molecule is CCCCOc1cccc(C(F)(F)CNCC(=O)N2CC(C)CC(C)C2)c1. The van der Waals surface area contributed by atoms with Gasteiger partial charge in [-0.1, -0.05) is 39.3 Å². The Morgan fingerprint density at radius 1 is 1.30 bits per heavy atom. The van der Waals surface area contributed by atoms with Crippen LogP contribution in [0, 0.1) is 11.8 Å². The summed E-state index contributed by atoms with van der Waals surface area (Å²) in [6, 6.07) is 6.04. The van der Waals surface area contributed by atoms with Crippen molar-refractivity contribution >= 4 is 5.91 Å². The van der Waals surface area contributed by atoms with Gasteiger partial charge in [-0.05, 0) is 36.8 Å². The Morgan fingerprint density at radius 3 is 2.67 bits per heavy atom. The number of hydrogen-bond acceptors (Lipinski definition) is 3. The van der Waals surface area contributed by atoms with Gasteiger partial charge in [0.05, 0.1) is 19.7 Å². The first-order valence-electron chi connectivity index (χ1n) is 9.91. The third-order valence-corrected chi connectivity index (χ3v) is 4.87. The first-order valence-corrected chi connectivity index (χ1v) is 9.91. The Labute approximate surface area is 161 Å². The van der Waals surface area contributed by atoms with E-state index >= 15 is 0 Å². The zero-order chi connectivity index (χ0) is 19.9. The molecule has 0 bridgehead atoms. The van der Waals surface area contributed by atoms with Gasteiger partial charge in [-0.3, -0.25) is 4.79 Å². The molecular formula is C21H32F2N2O2. The second kappa shape index (κ2) is 10.0. The number of unbranched alkanes of at least 4 members (excludes halogenated alkanes) is 1. The lowest BCUT2D eigenvalue weighted by atomic mass is 9.92. The van der Waals surface area contributed by atoms with Crippen molar-refractivity contribution in [2.24, 2.45) is 11.8 Å². The van der Waals surface area contributed by atoms with Gasteiger partial charge < -0.3 is 15.0 Å². The van der Waals surface area contributed by atoms with Crippen LogP contribution in [-0.4, -0.2) is 43.6 Å². The first kappa shape index (κ1) is 21.6. The fourth-order valence-electron chi connectivity index (χ4n) is 3.55. The topological polar surface area (TPSA) is 41.6 Å². The number of likely N-dealkylation sites (tertiary alicyclic amines) is 1. The lowest BCUT2D eigenvalue weighted by molar-refractivity contribution is -0.133. The van der Waals surface area contributed by atoms with E-state index in [1.165, 1.54) is 12.1 Å². The van der Waals surface area contributed by atoms with Gasteiger partial charge in [0.2, 0.25) is 5.91 Å². The van der Waals surface area contributed by atoms with E-state index < -0.39 is 12.5 Å². The van der Waals surface area contributed by atoms with Gasteiger partial charge in [0, 0.05) is 18.7 Å². The predicted molar refractivity (Wildman–Crippen MR) is 103 cm³/mol. The number of alkyl halides is 2. The maximum atomic E-state index is 14.5. The highest BCUT2D eigenvalue weighted by molar-refractivity contribution is 5.78. The number of nitrogens with zero attached hydrogens (tertiary/aromatic N) is 1. The molecule has 2 rings (SSSR count). The molecule has 0 spiro atoms. The van der Waals surface area contributed by atoms with E-state index in [9.17, 15) is 13.6 Å². The summed E-state index contributed by atoms with van der Waals surface area (Å²) in [5.74, 6) is -1.81. The number of nitrogens with one attached hydrogen (secondary N) is 1. The zero-order valence-electron chi connectivity index (χ0n) is 16.6. The second-order valence-electron chi connectivity index (χ2n) is 7.78. The fourth-order valence-corrected chi connectivity index (χ4v) is 3.55. The van der Waals surface area contributed by atoms with Gasteiger partial charge >= 0.3 is 0 Å². The third-order valence-electron chi connectivity index (χ3n) is 4.87. The van der Waals surface area contributed by atoms with Gasteiger partial charge in [0.15, 0.2) is 0 Å². The molecule has 0 saturated carbocycles. The average Bonchev–Trinajstić information content (AvgIpc) is 2.61. The van der Waals surface area contributed by atoms with Crippen LogP contribution in [0.2, 0.25) is 0 Å². The van der Waals surface area contributed by atoms with Crippen molar-refractivity contribution < 1.29 is 18.3 Å². The second-order valence-corrected chi connectivity index (χ2v) is 7.78. The van der Waals surface area contributed by atoms with E-state index in [1.54, 1.807) is 17.0 Å². The number of rotatable bonds is 9. The van der Waals surface area contributed by atoms with Crippen LogP contribution in [0.1, 0.15) is 45.6 Å². The predicted octanol–water partition coefficient (Wildman–Crippen LogP) is 4.05. The van der Waals surface area contributed by atoms with Crippen molar-refractivity contribution in [3.63, 3.8) is 0 Å². The van der Waals surface area contributed by atoms with Gasteiger partial charge in [-0.2, -0.15) is 8.78 Å². The van der Waals surface area contributed by atoms with Crippen LogP contribution in [0.5, 0.6) is 5.75 Å². The van der Waals surface area contributed by atoms with E-state index in [0.717, 1.165) is 19.3 Å². The van der Waals surface area contributed by atoms with Crippen molar-refractivity contribution in [3.8, 4) is 5.75 Å². The normalized spacial score (nSPS) is 20.6. The Kier molecular flexibility index (Phi) is 8.02. The van der Waals surface area contributed by atoms with Crippen LogP contribution in [0.25, 0.3) is 0 Å². The zero-order valence-corrected chi connectivity index (χ0v) is 16.6. The van der Waals surface area contributed by atoms with E-state index in [1.807, 2.05) is 6.92 Å². The van der Waals surface area contributed by atoms with Gasteiger partial charge in [0.25, 0.3) is 5.92 Å². The van der Waals surface area contributed by atoms with Crippen LogP contribution < -0.4 is 10.1 Å². The number of ether oxygens (including phenoxy) is 1. The maximum absolute atomic E-state index is 14.5. The highest BCUT2D eigenvalue weighted by Gasteiger charge is 2.32. The summed E-state index contributed by atoms with van der Waals surface area (Å²) in [5.41, 5.74) is -0.100. The minimum absolute atomic E-state index is 0.0677. The number of benzene rings is 1. The molecule has 1 aromatic rings. The minimum Gasteiger partial charge on any atom is -0.494 e. The first-order chi connectivity index (χ1) is 12.8. The Morgan fingerprint density at radius 2 is 2.00 bits per heavy atom. The van der Waals surface area contributed by atoms with Crippen molar-refractivity contribution in [1.29, 1.82) is 0 Å². The summed E-state index contributed by atoms with van der Waals surface area (Å²) in [6.45, 7) is 7.58. The van der Waals surface area contributed by atoms with E-state index in [2.05, 4.69) is 19.2 Å². The Hall–Kier alpha value is -1.69. The van der Waals surface area contributed by atoms with Crippen LogP contribution in [0.3, 0.4) is 0 Å². The highest BCUT2D eigenvalue weighted by atomic mass is 19.3.